The molecule has 0 saturated carbocycles. The highest BCUT2D eigenvalue weighted by molar-refractivity contribution is 5.99. The van der Waals surface area contributed by atoms with Crippen LogP contribution in [0.2, 0.25) is 0 Å². The SMILES string of the molecule is CCOC(=O)C1Nn2ccc(=O)c(OCc3ccccc3)c2C(=O)N1CC1CCCN1C(=O)OC(C)(C)C. The summed E-state index contributed by atoms with van der Waals surface area (Å²) in [7, 11) is 0. The molecule has 0 spiro atoms. The van der Waals surface area contributed by atoms with Crippen molar-refractivity contribution in [1.29, 1.82) is 0 Å². The van der Waals surface area contributed by atoms with E-state index in [0.29, 0.717) is 13.0 Å². The van der Waals surface area contributed by atoms with E-state index >= 15 is 0 Å². The smallest absolute Gasteiger partial charge is 0.410 e. The molecule has 3 heterocycles. The maximum atomic E-state index is 13.9. The number of rotatable bonds is 7. The molecule has 11 nitrogen and oxygen atoms in total. The highest BCUT2D eigenvalue weighted by Gasteiger charge is 2.43. The van der Waals surface area contributed by atoms with Crippen LogP contribution in [0.5, 0.6) is 5.75 Å². The lowest BCUT2D eigenvalue weighted by Crippen LogP contribution is -2.60. The molecule has 4 rings (SSSR count). The van der Waals surface area contributed by atoms with E-state index < -0.39 is 35.2 Å². The van der Waals surface area contributed by atoms with Crippen LogP contribution in [0.3, 0.4) is 0 Å². The number of carbonyl (C=O) groups excluding carboxylic acids is 3. The second-order valence-corrected chi connectivity index (χ2v) is 10.2. The molecule has 0 radical (unpaired) electrons. The molecule has 2 amide bonds. The molecule has 2 aliphatic heterocycles. The van der Waals surface area contributed by atoms with Crippen LogP contribution in [-0.2, 0) is 20.9 Å². The molecular weight excluding hydrogens is 492 g/mol. The molecule has 1 aromatic heterocycles. The lowest BCUT2D eigenvalue weighted by molar-refractivity contribution is -0.148. The fourth-order valence-corrected chi connectivity index (χ4v) is 4.55. The Kier molecular flexibility index (Phi) is 7.94. The third kappa shape index (κ3) is 5.92. The molecule has 11 heteroatoms. The number of ether oxygens (including phenoxy) is 3. The van der Waals surface area contributed by atoms with Gasteiger partial charge in [-0.25, -0.2) is 9.59 Å². The minimum absolute atomic E-state index is 0.0317. The molecule has 2 atom stereocenters. The van der Waals surface area contributed by atoms with Gasteiger partial charge in [0.2, 0.25) is 11.6 Å². The monoisotopic (exact) mass is 526 g/mol. The van der Waals surface area contributed by atoms with Crippen LogP contribution in [0, 0.1) is 0 Å². The summed E-state index contributed by atoms with van der Waals surface area (Å²) in [5, 5.41) is 0. The molecule has 1 saturated heterocycles. The quantitative estimate of drug-likeness (QED) is 0.547. The number of pyridine rings is 1. The summed E-state index contributed by atoms with van der Waals surface area (Å²) in [6.07, 6.45) is 1.09. The first kappa shape index (κ1) is 27.0. The summed E-state index contributed by atoms with van der Waals surface area (Å²) in [6.45, 7) is 7.75. The maximum Gasteiger partial charge on any atom is 0.410 e. The van der Waals surface area contributed by atoms with E-state index in [9.17, 15) is 19.2 Å². The van der Waals surface area contributed by atoms with Gasteiger partial charge in [0, 0.05) is 25.4 Å². The van der Waals surface area contributed by atoms with Crippen LogP contribution >= 0.6 is 0 Å². The molecule has 1 fully saturated rings. The number of carbonyl (C=O) groups is 3. The van der Waals surface area contributed by atoms with Crippen molar-refractivity contribution in [1.82, 2.24) is 14.5 Å². The van der Waals surface area contributed by atoms with Crippen LogP contribution in [0.4, 0.5) is 4.79 Å². The Morgan fingerprint density at radius 2 is 1.84 bits per heavy atom. The molecule has 38 heavy (non-hydrogen) atoms. The van der Waals surface area contributed by atoms with Gasteiger partial charge in [0.1, 0.15) is 12.2 Å². The van der Waals surface area contributed by atoms with Crippen molar-refractivity contribution in [3.8, 4) is 5.75 Å². The molecule has 2 aromatic rings. The molecule has 2 aliphatic rings. The average molecular weight is 527 g/mol. The zero-order chi connectivity index (χ0) is 27.4. The standard InChI is InChI=1S/C27H34N4O7/c1-5-36-25(34)23-28-31-15-13-20(32)22(37-17-18-10-7-6-8-11-18)21(31)24(33)30(23)16-19-12-9-14-29(19)26(35)38-27(2,3)4/h6-8,10-11,13,15,19,23,28H,5,9,12,14,16-17H2,1-4H3. The minimum atomic E-state index is -1.17. The normalized spacial score (nSPS) is 19.0. The van der Waals surface area contributed by atoms with E-state index in [1.807, 2.05) is 30.3 Å². The number of benzene rings is 1. The van der Waals surface area contributed by atoms with E-state index in [0.717, 1.165) is 12.0 Å². The second-order valence-electron chi connectivity index (χ2n) is 10.2. The summed E-state index contributed by atoms with van der Waals surface area (Å²) in [5.41, 5.74) is 2.63. The number of aromatic nitrogens is 1. The number of likely N-dealkylation sites (tertiary alicyclic amines) is 1. The fourth-order valence-electron chi connectivity index (χ4n) is 4.55. The zero-order valence-corrected chi connectivity index (χ0v) is 22.1. The number of nitrogens with one attached hydrogen (secondary N) is 1. The van der Waals surface area contributed by atoms with Crippen molar-refractivity contribution in [2.75, 3.05) is 25.1 Å². The van der Waals surface area contributed by atoms with Crippen LogP contribution < -0.4 is 15.6 Å². The topological polar surface area (TPSA) is 119 Å². The van der Waals surface area contributed by atoms with Crippen molar-refractivity contribution in [2.24, 2.45) is 0 Å². The van der Waals surface area contributed by atoms with Crippen molar-refractivity contribution < 1.29 is 28.6 Å². The van der Waals surface area contributed by atoms with E-state index in [-0.39, 0.29) is 37.2 Å². The Labute approximate surface area is 221 Å². The molecule has 2 unspecified atom stereocenters. The molecule has 0 bridgehead atoms. The predicted molar refractivity (Wildman–Crippen MR) is 138 cm³/mol. The van der Waals surface area contributed by atoms with Crippen molar-refractivity contribution in [2.45, 2.75) is 65.0 Å². The number of nitrogens with zero attached hydrogens (tertiary/aromatic N) is 3. The zero-order valence-electron chi connectivity index (χ0n) is 22.1. The summed E-state index contributed by atoms with van der Waals surface area (Å²) in [6, 6.07) is 10.1. The largest absolute Gasteiger partial charge is 0.482 e. The summed E-state index contributed by atoms with van der Waals surface area (Å²) in [4.78, 5) is 55.4. The van der Waals surface area contributed by atoms with Gasteiger partial charge in [0.15, 0.2) is 11.4 Å². The Hall–Kier alpha value is -4.02. The van der Waals surface area contributed by atoms with Gasteiger partial charge in [-0.3, -0.25) is 19.7 Å². The number of hydrogen-bond donors (Lipinski definition) is 1. The first-order valence-corrected chi connectivity index (χ1v) is 12.7. The van der Waals surface area contributed by atoms with Crippen molar-refractivity contribution in [3.63, 3.8) is 0 Å². The van der Waals surface area contributed by atoms with Crippen LogP contribution in [-0.4, -0.2) is 70.0 Å². The molecule has 204 valence electrons. The Morgan fingerprint density at radius 1 is 1.11 bits per heavy atom. The number of amides is 2. The number of hydrogen-bond acceptors (Lipinski definition) is 8. The summed E-state index contributed by atoms with van der Waals surface area (Å²) in [5.74, 6) is -1.37. The highest BCUT2D eigenvalue weighted by Crippen LogP contribution is 2.27. The van der Waals surface area contributed by atoms with E-state index in [4.69, 9.17) is 14.2 Å². The van der Waals surface area contributed by atoms with Gasteiger partial charge in [-0.05, 0) is 46.1 Å². The van der Waals surface area contributed by atoms with Gasteiger partial charge in [-0.2, -0.15) is 0 Å². The molecule has 1 N–H and O–H groups in total. The lowest BCUT2D eigenvalue weighted by Gasteiger charge is -2.40. The molecule has 0 aliphatic carbocycles. The maximum absolute atomic E-state index is 13.9. The summed E-state index contributed by atoms with van der Waals surface area (Å²) < 4.78 is 18.0. The Balaban J connectivity index is 1.65. The van der Waals surface area contributed by atoms with Gasteiger partial charge >= 0.3 is 12.1 Å². The number of esters is 1. The minimum Gasteiger partial charge on any atom is -0.482 e. The third-order valence-corrected chi connectivity index (χ3v) is 6.24. The van der Waals surface area contributed by atoms with Crippen LogP contribution in [0.15, 0.2) is 47.4 Å². The van der Waals surface area contributed by atoms with E-state index in [1.54, 1.807) is 32.6 Å². The van der Waals surface area contributed by atoms with E-state index in [1.165, 1.54) is 21.8 Å². The first-order valence-electron chi connectivity index (χ1n) is 12.7. The first-order chi connectivity index (χ1) is 18.1. The van der Waals surface area contributed by atoms with E-state index in [2.05, 4.69) is 5.43 Å². The fraction of sp³-hybridized carbons (Fsp3) is 0.481. The molecule has 1 aromatic carbocycles. The van der Waals surface area contributed by atoms with Crippen molar-refractivity contribution in [3.05, 3.63) is 64.1 Å². The highest BCUT2D eigenvalue weighted by atomic mass is 16.6. The van der Waals surface area contributed by atoms with Gasteiger partial charge in [-0.15, -0.1) is 0 Å². The van der Waals surface area contributed by atoms with Gasteiger partial charge in [0.05, 0.1) is 12.6 Å². The average Bonchev–Trinajstić information content (AvgIpc) is 3.33. The van der Waals surface area contributed by atoms with Crippen LogP contribution in [0.25, 0.3) is 0 Å². The van der Waals surface area contributed by atoms with Crippen molar-refractivity contribution >= 4 is 18.0 Å². The lowest BCUT2D eigenvalue weighted by atomic mass is 10.1. The van der Waals surface area contributed by atoms with Gasteiger partial charge in [-0.1, -0.05) is 30.3 Å². The van der Waals surface area contributed by atoms with Crippen LogP contribution in [0.1, 0.15) is 56.6 Å². The Bertz CT molecular complexity index is 1240. The summed E-state index contributed by atoms with van der Waals surface area (Å²) >= 11 is 0. The third-order valence-electron chi connectivity index (χ3n) is 6.24. The molecular formula is C27H34N4O7. The number of fused-ring (bicyclic) bond motifs is 1. The second kappa shape index (κ2) is 11.2. The Morgan fingerprint density at radius 3 is 2.53 bits per heavy atom. The predicted octanol–water partition coefficient (Wildman–Crippen LogP) is 2.72. The van der Waals surface area contributed by atoms with Gasteiger partial charge < -0.3 is 24.0 Å². The van der Waals surface area contributed by atoms with Gasteiger partial charge in [0.25, 0.3) is 5.91 Å².